The molecule has 0 unspecified atom stereocenters. The van der Waals surface area contributed by atoms with Crippen LogP contribution in [0.4, 0.5) is 0 Å². The minimum Gasteiger partial charge on any atom is -0.481 e. The second-order valence-electron chi connectivity index (χ2n) is 7.03. The SMILES string of the molecule is CC(=O)O.c1ccc2c(c1)nc(CCN1CCOCC1)n1c3ccccc3nc21. The van der Waals surface area contributed by atoms with E-state index in [1.54, 1.807) is 0 Å². The van der Waals surface area contributed by atoms with Gasteiger partial charge in [0.15, 0.2) is 0 Å². The standard InChI is InChI=1S/C20H20N4O.C2H4O2/c1-2-6-16-15(5-1)20-22-17-7-3-4-8-18(17)24(20)19(21-16)9-10-23-11-13-25-14-12-23;1-2(3)4/h1-8H,9-14H2;1H3,(H,3,4). The summed E-state index contributed by atoms with van der Waals surface area (Å²) in [5.41, 5.74) is 4.17. The summed E-state index contributed by atoms with van der Waals surface area (Å²) in [5, 5.41) is 8.52. The molecule has 7 nitrogen and oxygen atoms in total. The predicted molar refractivity (Wildman–Crippen MR) is 112 cm³/mol. The molecule has 0 spiro atoms. The zero-order valence-corrected chi connectivity index (χ0v) is 16.4. The molecule has 1 saturated heterocycles. The number of benzene rings is 2. The van der Waals surface area contributed by atoms with Gasteiger partial charge in [-0.3, -0.25) is 14.1 Å². The largest absolute Gasteiger partial charge is 0.481 e. The van der Waals surface area contributed by atoms with Crippen molar-refractivity contribution in [3.05, 3.63) is 54.4 Å². The molecular formula is C22H24N4O3. The number of ether oxygens (including phenoxy) is 1. The molecule has 2 aromatic heterocycles. The Bertz CT molecular complexity index is 1140. The van der Waals surface area contributed by atoms with Crippen LogP contribution in [0, 0.1) is 0 Å². The first-order chi connectivity index (χ1) is 14.1. The van der Waals surface area contributed by atoms with E-state index < -0.39 is 5.97 Å². The monoisotopic (exact) mass is 392 g/mol. The lowest BCUT2D eigenvalue weighted by atomic mass is 10.2. The number of carbonyl (C=O) groups is 1. The van der Waals surface area contributed by atoms with E-state index in [9.17, 15) is 0 Å². The first kappa shape index (κ1) is 19.3. The van der Waals surface area contributed by atoms with E-state index in [4.69, 9.17) is 24.6 Å². The summed E-state index contributed by atoms with van der Waals surface area (Å²) >= 11 is 0. The first-order valence-electron chi connectivity index (χ1n) is 9.78. The number of carboxylic acids is 1. The van der Waals surface area contributed by atoms with Gasteiger partial charge in [0.2, 0.25) is 0 Å². The van der Waals surface area contributed by atoms with Gasteiger partial charge in [0.05, 0.1) is 29.8 Å². The molecule has 7 heteroatoms. The summed E-state index contributed by atoms with van der Waals surface area (Å²) in [6.07, 6.45) is 0.904. The average molecular weight is 392 g/mol. The number of nitrogens with zero attached hydrogens (tertiary/aromatic N) is 4. The number of fused-ring (bicyclic) bond motifs is 5. The lowest BCUT2D eigenvalue weighted by molar-refractivity contribution is -0.134. The summed E-state index contributed by atoms with van der Waals surface area (Å²) in [4.78, 5) is 21.3. The number of para-hydroxylation sites is 3. The van der Waals surface area contributed by atoms with Crippen LogP contribution in [-0.2, 0) is 16.0 Å². The van der Waals surface area contributed by atoms with Crippen LogP contribution in [-0.4, -0.2) is 63.2 Å². The number of aliphatic carboxylic acids is 1. The van der Waals surface area contributed by atoms with Crippen LogP contribution in [0.3, 0.4) is 0 Å². The van der Waals surface area contributed by atoms with Crippen molar-refractivity contribution in [2.24, 2.45) is 0 Å². The van der Waals surface area contributed by atoms with Gasteiger partial charge in [0.25, 0.3) is 5.97 Å². The van der Waals surface area contributed by atoms with Crippen LogP contribution in [0.15, 0.2) is 48.5 Å². The molecule has 1 aliphatic heterocycles. The zero-order valence-electron chi connectivity index (χ0n) is 16.4. The van der Waals surface area contributed by atoms with E-state index in [-0.39, 0.29) is 0 Å². The number of hydrogen-bond donors (Lipinski definition) is 1. The Kier molecular flexibility index (Phi) is 5.69. The van der Waals surface area contributed by atoms with E-state index >= 15 is 0 Å². The van der Waals surface area contributed by atoms with Crippen LogP contribution >= 0.6 is 0 Å². The normalized spacial score (nSPS) is 14.8. The van der Waals surface area contributed by atoms with Crippen molar-refractivity contribution in [3.8, 4) is 0 Å². The summed E-state index contributed by atoms with van der Waals surface area (Å²) in [7, 11) is 0. The highest BCUT2D eigenvalue weighted by molar-refractivity contribution is 5.96. The fourth-order valence-electron chi connectivity index (χ4n) is 3.67. The van der Waals surface area contributed by atoms with Gasteiger partial charge in [-0.2, -0.15) is 0 Å². The van der Waals surface area contributed by atoms with E-state index in [1.807, 2.05) is 12.1 Å². The van der Waals surface area contributed by atoms with E-state index in [2.05, 4.69) is 45.7 Å². The maximum absolute atomic E-state index is 9.00. The van der Waals surface area contributed by atoms with E-state index in [0.29, 0.717) is 0 Å². The molecule has 0 atom stereocenters. The molecular weight excluding hydrogens is 368 g/mol. The molecule has 0 aliphatic carbocycles. The smallest absolute Gasteiger partial charge is 0.300 e. The molecule has 0 saturated carbocycles. The van der Waals surface area contributed by atoms with Gasteiger partial charge >= 0.3 is 0 Å². The summed E-state index contributed by atoms with van der Waals surface area (Å²) in [6, 6.07) is 16.6. The van der Waals surface area contributed by atoms with Crippen molar-refractivity contribution in [3.63, 3.8) is 0 Å². The molecule has 1 fully saturated rings. The van der Waals surface area contributed by atoms with Gasteiger partial charge in [0.1, 0.15) is 11.5 Å². The Hall–Kier alpha value is -3.03. The molecule has 4 aromatic rings. The molecule has 29 heavy (non-hydrogen) atoms. The summed E-state index contributed by atoms with van der Waals surface area (Å²) < 4.78 is 7.69. The fraction of sp³-hybridized carbons (Fsp3) is 0.318. The Morgan fingerprint density at radius 2 is 1.69 bits per heavy atom. The number of rotatable bonds is 3. The van der Waals surface area contributed by atoms with Gasteiger partial charge in [-0.15, -0.1) is 0 Å². The van der Waals surface area contributed by atoms with Crippen LogP contribution in [0.5, 0.6) is 0 Å². The van der Waals surface area contributed by atoms with Crippen molar-refractivity contribution in [2.75, 3.05) is 32.8 Å². The highest BCUT2D eigenvalue weighted by Crippen LogP contribution is 2.24. The quantitative estimate of drug-likeness (QED) is 0.577. The van der Waals surface area contributed by atoms with Gasteiger partial charge < -0.3 is 9.84 Å². The van der Waals surface area contributed by atoms with Crippen LogP contribution in [0.1, 0.15) is 12.7 Å². The highest BCUT2D eigenvalue weighted by atomic mass is 16.5. The van der Waals surface area contributed by atoms with Crippen molar-refractivity contribution >= 4 is 33.6 Å². The second-order valence-corrected chi connectivity index (χ2v) is 7.03. The highest BCUT2D eigenvalue weighted by Gasteiger charge is 2.15. The second kappa shape index (κ2) is 8.55. The molecule has 1 N–H and O–H groups in total. The lowest BCUT2D eigenvalue weighted by Crippen LogP contribution is -2.37. The number of hydrogen-bond acceptors (Lipinski definition) is 5. The molecule has 0 amide bonds. The Morgan fingerprint density at radius 1 is 1.03 bits per heavy atom. The maximum atomic E-state index is 9.00. The molecule has 5 rings (SSSR count). The molecule has 0 radical (unpaired) electrons. The van der Waals surface area contributed by atoms with Crippen LogP contribution in [0.25, 0.3) is 27.6 Å². The lowest BCUT2D eigenvalue weighted by Gasteiger charge is -2.26. The average Bonchev–Trinajstić information content (AvgIpc) is 3.12. The Morgan fingerprint density at radius 3 is 2.45 bits per heavy atom. The first-order valence-corrected chi connectivity index (χ1v) is 9.78. The van der Waals surface area contributed by atoms with E-state index in [0.717, 1.165) is 79.6 Å². The number of aromatic nitrogens is 3. The molecule has 1 aliphatic rings. The maximum Gasteiger partial charge on any atom is 0.300 e. The molecule has 2 aromatic carbocycles. The topological polar surface area (TPSA) is 80.0 Å². The van der Waals surface area contributed by atoms with Gasteiger partial charge in [-0.05, 0) is 24.3 Å². The fourth-order valence-corrected chi connectivity index (χ4v) is 3.67. The summed E-state index contributed by atoms with van der Waals surface area (Å²) in [5.74, 6) is 0.244. The van der Waals surface area contributed by atoms with Gasteiger partial charge in [-0.1, -0.05) is 24.3 Å². The molecule has 150 valence electrons. The third kappa shape index (κ3) is 4.21. The number of carboxylic acid groups (broad SMARTS) is 1. The van der Waals surface area contributed by atoms with Crippen molar-refractivity contribution < 1.29 is 14.6 Å². The molecule has 0 bridgehead atoms. The van der Waals surface area contributed by atoms with Crippen LogP contribution < -0.4 is 0 Å². The number of imidazole rings is 1. The Balaban J connectivity index is 0.000000472. The van der Waals surface area contributed by atoms with Crippen molar-refractivity contribution in [1.29, 1.82) is 0 Å². The van der Waals surface area contributed by atoms with Crippen LogP contribution in [0.2, 0.25) is 0 Å². The van der Waals surface area contributed by atoms with Gasteiger partial charge in [-0.25, -0.2) is 9.97 Å². The third-order valence-corrected chi connectivity index (χ3v) is 4.97. The zero-order chi connectivity index (χ0) is 20.2. The van der Waals surface area contributed by atoms with Gasteiger partial charge in [0, 0.05) is 38.4 Å². The van der Waals surface area contributed by atoms with Crippen molar-refractivity contribution in [1.82, 2.24) is 19.3 Å². The Labute approximate surface area is 168 Å². The van der Waals surface area contributed by atoms with Crippen molar-refractivity contribution in [2.45, 2.75) is 13.3 Å². The van der Waals surface area contributed by atoms with E-state index in [1.165, 1.54) is 0 Å². The third-order valence-electron chi connectivity index (χ3n) is 4.97. The minimum absolute atomic E-state index is 0.828. The number of morpholine rings is 1. The summed E-state index contributed by atoms with van der Waals surface area (Å²) in [6.45, 7) is 5.74. The minimum atomic E-state index is -0.833. The predicted octanol–water partition coefficient (Wildman–Crippen LogP) is 3.00. The molecule has 3 heterocycles.